The Morgan fingerprint density at radius 3 is 2.43 bits per heavy atom. The van der Waals surface area contributed by atoms with Gasteiger partial charge in [0.25, 0.3) is 0 Å². The van der Waals surface area contributed by atoms with E-state index in [1.807, 2.05) is 12.1 Å². The van der Waals surface area contributed by atoms with Gasteiger partial charge < -0.3 is 5.73 Å². The van der Waals surface area contributed by atoms with Crippen LogP contribution in [0, 0.1) is 11.3 Å². The molecule has 0 bridgehead atoms. The molecular weight excluding hydrogens is 258 g/mol. The van der Waals surface area contributed by atoms with E-state index in [4.69, 9.17) is 11.0 Å². The van der Waals surface area contributed by atoms with Gasteiger partial charge in [-0.25, -0.2) is 0 Å². The third-order valence-corrected chi connectivity index (χ3v) is 4.40. The topological polar surface area (TPSA) is 53.0 Å². The standard InChI is InChI=1S/C18H19N3/c1-21-12-17(14-8-6-13(10-19)7-9-14)15-4-2-3-5-16(15)18(21)11-20/h2-9,17-18H,11-12,20H2,1H3. The minimum atomic E-state index is 0.288. The fourth-order valence-corrected chi connectivity index (χ4v) is 3.26. The zero-order chi connectivity index (χ0) is 14.8. The highest BCUT2D eigenvalue weighted by atomic mass is 15.1. The van der Waals surface area contributed by atoms with Crippen LogP contribution in [-0.2, 0) is 0 Å². The summed E-state index contributed by atoms with van der Waals surface area (Å²) in [5.41, 5.74) is 10.6. The monoisotopic (exact) mass is 277 g/mol. The Bertz CT molecular complexity index is 670. The van der Waals surface area contributed by atoms with Crippen LogP contribution in [0.15, 0.2) is 48.5 Å². The summed E-state index contributed by atoms with van der Waals surface area (Å²) >= 11 is 0. The van der Waals surface area contributed by atoms with Gasteiger partial charge in [0.2, 0.25) is 0 Å². The Kier molecular flexibility index (Phi) is 3.74. The van der Waals surface area contributed by atoms with Gasteiger partial charge in [0, 0.05) is 25.0 Å². The SMILES string of the molecule is CN1CC(c2ccc(C#N)cc2)c2ccccc2C1CN. The molecule has 2 unspecified atom stereocenters. The molecule has 1 heterocycles. The van der Waals surface area contributed by atoms with Crippen molar-refractivity contribution < 1.29 is 0 Å². The maximum atomic E-state index is 8.93. The molecule has 0 aliphatic carbocycles. The molecule has 3 heteroatoms. The molecule has 0 amide bonds. The Morgan fingerprint density at radius 1 is 1.14 bits per heavy atom. The second-order valence-electron chi connectivity index (χ2n) is 5.61. The highest BCUT2D eigenvalue weighted by Crippen LogP contribution is 2.38. The van der Waals surface area contributed by atoms with Gasteiger partial charge in [-0.2, -0.15) is 5.26 Å². The van der Waals surface area contributed by atoms with Crippen LogP contribution in [0.5, 0.6) is 0 Å². The van der Waals surface area contributed by atoms with Crippen LogP contribution in [-0.4, -0.2) is 25.0 Å². The molecule has 2 aromatic carbocycles. The number of nitrogens with zero attached hydrogens (tertiary/aromatic N) is 2. The van der Waals surface area contributed by atoms with Crippen LogP contribution < -0.4 is 5.73 Å². The van der Waals surface area contributed by atoms with Crippen molar-refractivity contribution in [1.29, 1.82) is 5.26 Å². The lowest BCUT2D eigenvalue weighted by Gasteiger charge is -2.39. The molecule has 1 aliphatic rings. The lowest BCUT2D eigenvalue weighted by molar-refractivity contribution is 0.223. The minimum absolute atomic E-state index is 0.288. The molecule has 3 nitrogen and oxygen atoms in total. The lowest BCUT2D eigenvalue weighted by Crippen LogP contribution is -2.39. The minimum Gasteiger partial charge on any atom is -0.329 e. The van der Waals surface area contributed by atoms with Gasteiger partial charge in [-0.05, 0) is 35.9 Å². The van der Waals surface area contributed by atoms with E-state index in [9.17, 15) is 0 Å². The van der Waals surface area contributed by atoms with Crippen molar-refractivity contribution in [2.45, 2.75) is 12.0 Å². The van der Waals surface area contributed by atoms with Gasteiger partial charge in [-0.1, -0.05) is 36.4 Å². The molecule has 0 radical (unpaired) electrons. The number of nitriles is 1. The van der Waals surface area contributed by atoms with E-state index in [1.54, 1.807) is 0 Å². The molecular formula is C18H19N3. The Morgan fingerprint density at radius 2 is 1.81 bits per heavy atom. The first-order chi connectivity index (χ1) is 10.2. The van der Waals surface area contributed by atoms with E-state index in [0.29, 0.717) is 18.0 Å². The second-order valence-corrected chi connectivity index (χ2v) is 5.61. The Hall–Kier alpha value is -2.15. The van der Waals surface area contributed by atoms with Gasteiger partial charge in [-0.3, -0.25) is 4.90 Å². The van der Waals surface area contributed by atoms with Crippen LogP contribution in [0.3, 0.4) is 0 Å². The molecule has 3 rings (SSSR count). The molecule has 0 spiro atoms. The second kappa shape index (κ2) is 5.69. The number of benzene rings is 2. The molecule has 21 heavy (non-hydrogen) atoms. The zero-order valence-corrected chi connectivity index (χ0v) is 12.2. The van der Waals surface area contributed by atoms with Crippen LogP contribution in [0.25, 0.3) is 0 Å². The van der Waals surface area contributed by atoms with Gasteiger partial charge in [0.15, 0.2) is 0 Å². The highest BCUT2D eigenvalue weighted by Gasteiger charge is 2.30. The quantitative estimate of drug-likeness (QED) is 0.918. The first-order valence-electron chi connectivity index (χ1n) is 7.23. The first kappa shape index (κ1) is 13.8. The summed E-state index contributed by atoms with van der Waals surface area (Å²) in [7, 11) is 2.13. The largest absolute Gasteiger partial charge is 0.329 e. The summed E-state index contributed by atoms with van der Waals surface area (Å²) in [6.45, 7) is 1.58. The number of fused-ring (bicyclic) bond motifs is 1. The average Bonchev–Trinajstić information content (AvgIpc) is 2.54. The van der Waals surface area contributed by atoms with Crippen molar-refractivity contribution in [2.24, 2.45) is 5.73 Å². The van der Waals surface area contributed by atoms with E-state index >= 15 is 0 Å². The van der Waals surface area contributed by atoms with Crippen LogP contribution in [0.1, 0.15) is 34.2 Å². The number of hydrogen-bond donors (Lipinski definition) is 1. The van der Waals surface area contributed by atoms with E-state index in [-0.39, 0.29) is 6.04 Å². The third kappa shape index (κ3) is 2.44. The Balaban J connectivity index is 2.05. The predicted molar refractivity (Wildman–Crippen MR) is 83.9 cm³/mol. The van der Waals surface area contributed by atoms with Crippen molar-refractivity contribution in [3.63, 3.8) is 0 Å². The molecule has 0 saturated carbocycles. The molecule has 2 aromatic rings. The summed E-state index contributed by atoms with van der Waals surface area (Å²) in [6.07, 6.45) is 0. The number of hydrogen-bond acceptors (Lipinski definition) is 3. The van der Waals surface area contributed by atoms with Crippen molar-refractivity contribution in [1.82, 2.24) is 4.90 Å². The molecule has 0 aromatic heterocycles. The van der Waals surface area contributed by atoms with Gasteiger partial charge in [-0.15, -0.1) is 0 Å². The fourth-order valence-electron chi connectivity index (χ4n) is 3.26. The van der Waals surface area contributed by atoms with Crippen LogP contribution in [0.4, 0.5) is 0 Å². The Labute approximate surface area is 125 Å². The smallest absolute Gasteiger partial charge is 0.0991 e. The van der Waals surface area contributed by atoms with E-state index in [1.165, 1.54) is 16.7 Å². The third-order valence-electron chi connectivity index (χ3n) is 4.40. The van der Waals surface area contributed by atoms with E-state index in [0.717, 1.165) is 6.54 Å². The van der Waals surface area contributed by atoms with Crippen LogP contribution >= 0.6 is 0 Å². The van der Waals surface area contributed by atoms with Crippen molar-refractivity contribution in [3.05, 3.63) is 70.8 Å². The summed E-state index contributed by atoms with van der Waals surface area (Å²) in [5, 5.41) is 8.93. The summed E-state index contributed by atoms with van der Waals surface area (Å²) in [5.74, 6) is 0.335. The van der Waals surface area contributed by atoms with Crippen LogP contribution in [0.2, 0.25) is 0 Å². The molecule has 0 fully saturated rings. The summed E-state index contributed by atoms with van der Waals surface area (Å²) < 4.78 is 0. The zero-order valence-electron chi connectivity index (χ0n) is 12.2. The molecule has 2 atom stereocenters. The molecule has 1 aliphatic heterocycles. The van der Waals surface area contributed by atoms with Crippen molar-refractivity contribution in [2.75, 3.05) is 20.1 Å². The van der Waals surface area contributed by atoms with Crippen molar-refractivity contribution in [3.8, 4) is 6.07 Å². The number of rotatable bonds is 2. The lowest BCUT2D eigenvalue weighted by atomic mass is 9.81. The number of nitrogens with two attached hydrogens (primary N) is 1. The van der Waals surface area contributed by atoms with E-state index < -0.39 is 0 Å². The normalized spacial score (nSPS) is 21.6. The van der Waals surface area contributed by atoms with Gasteiger partial charge in [0.1, 0.15) is 0 Å². The average molecular weight is 277 g/mol. The first-order valence-corrected chi connectivity index (χ1v) is 7.23. The molecule has 0 saturated heterocycles. The van der Waals surface area contributed by atoms with Gasteiger partial charge >= 0.3 is 0 Å². The fraction of sp³-hybridized carbons (Fsp3) is 0.278. The summed E-state index contributed by atoms with van der Waals surface area (Å²) in [4.78, 5) is 2.32. The maximum absolute atomic E-state index is 8.93. The highest BCUT2D eigenvalue weighted by molar-refractivity contribution is 5.44. The number of likely N-dealkylation sites (N-methyl/N-ethyl adjacent to an activating group) is 1. The molecule has 2 N–H and O–H groups in total. The van der Waals surface area contributed by atoms with Gasteiger partial charge in [0.05, 0.1) is 11.6 Å². The maximum Gasteiger partial charge on any atom is 0.0991 e. The van der Waals surface area contributed by atoms with Crippen molar-refractivity contribution >= 4 is 0 Å². The predicted octanol–water partition coefficient (Wildman–Crippen LogP) is 2.64. The van der Waals surface area contributed by atoms with E-state index in [2.05, 4.69) is 54.4 Å². The molecule has 106 valence electrons. The summed E-state index contributed by atoms with van der Waals surface area (Å²) in [6, 6.07) is 18.9.